The zero-order valence-corrected chi connectivity index (χ0v) is 12.5. The average molecular weight is 315 g/mol. The van der Waals surface area contributed by atoms with Crippen molar-refractivity contribution in [2.24, 2.45) is 5.73 Å². The van der Waals surface area contributed by atoms with Crippen LogP contribution in [-0.4, -0.2) is 18.0 Å². The number of amides is 3. The normalized spacial score (nSPS) is 11.5. The first-order chi connectivity index (χ1) is 11.0. The van der Waals surface area contributed by atoms with Crippen molar-refractivity contribution in [1.82, 2.24) is 10.6 Å². The average Bonchev–Trinajstić information content (AvgIpc) is 2.54. The third kappa shape index (κ3) is 5.43. The second-order valence-corrected chi connectivity index (χ2v) is 5.10. The molecule has 0 heterocycles. The number of carbonyl (C=O) groups excluding carboxylic acids is 2. The van der Waals surface area contributed by atoms with Gasteiger partial charge in [0.2, 0.25) is 5.91 Å². The van der Waals surface area contributed by atoms with Gasteiger partial charge in [0, 0.05) is 13.0 Å². The van der Waals surface area contributed by atoms with Gasteiger partial charge in [-0.15, -0.1) is 0 Å². The molecular weight excluding hydrogens is 297 g/mol. The molecule has 120 valence electrons. The standard InChI is InChI=1S/C17H18FN3O2/c18-14-8-6-13(7-9-14)11-20-16(22)15(21-17(19)23)10-12-4-2-1-3-5-12/h1-9,15H,10-11H2,(H,20,22)(H3,19,21,23)/t15-/m0/s1. The summed E-state index contributed by atoms with van der Waals surface area (Å²) in [6.45, 7) is 0.241. The predicted molar refractivity (Wildman–Crippen MR) is 84.9 cm³/mol. The minimum absolute atomic E-state index is 0.241. The molecule has 0 radical (unpaired) electrons. The molecule has 0 fully saturated rings. The molecule has 23 heavy (non-hydrogen) atoms. The van der Waals surface area contributed by atoms with Crippen molar-refractivity contribution >= 4 is 11.9 Å². The number of nitrogens with two attached hydrogens (primary N) is 1. The number of primary amides is 1. The molecule has 0 saturated carbocycles. The Morgan fingerprint density at radius 2 is 1.65 bits per heavy atom. The second kappa shape index (κ2) is 7.93. The van der Waals surface area contributed by atoms with Crippen molar-refractivity contribution in [2.45, 2.75) is 19.0 Å². The SMILES string of the molecule is NC(=O)N[C@@H](Cc1ccccc1)C(=O)NCc1ccc(F)cc1. The van der Waals surface area contributed by atoms with E-state index in [1.54, 1.807) is 12.1 Å². The second-order valence-electron chi connectivity index (χ2n) is 5.10. The molecule has 2 rings (SSSR count). The van der Waals surface area contributed by atoms with Gasteiger partial charge in [0.1, 0.15) is 11.9 Å². The van der Waals surface area contributed by atoms with Crippen molar-refractivity contribution < 1.29 is 14.0 Å². The summed E-state index contributed by atoms with van der Waals surface area (Å²) in [7, 11) is 0. The summed E-state index contributed by atoms with van der Waals surface area (Å²) in [5.74, 6) is -0.686. The van der Waals surface area contributed by atoms with E-state index < -0.39 is 12.1 Å². The lowest BCUT2D eigenvalue weighted by Crippen LogP contribution is -2.49. The Hall–Kier alpha value is -2.89. The van der Waals surface area contributed by atoms with Gasteiger partial charge in [-0.1, -0.05) is 42.5 Å². The molecule has 2 aromatic rings. The highest BCUT2D eigenvalue weighted by atomic mass is 19.1. The Labute approximate surface area is 133 Å². The van der Waals surface area contributed by atoms with Crippen molar-refractivity contribution in [1.29, 1.82) is 0 Å². The Bertz CT molecular complexity index is 659. The lowest BCUT2D eigenvalue weighted by Gasteiger charge is -2.17. The number of nitrogens with one attached hydrogen (secondary N) is 2. The fourth-order valence-corrected chi connectivity index (χ4v) is 2.15. The number of benzene rings is 2. The van der Waals surface area contributed by atoms with E-state index in [2.05, 4.69) is 10.6 Å². The summed E-state index contributed by atoms with van der Waals surface area (Å²) in [4.78, 5) is 23.4. The van der Waals surface area contributed by atoms with Crippen LogP contribution in [0.3, 0.4) is 0 Å². The van der Waals surface area contributed by atoms with E-state index >= 15 is 0 Å². The lowest BCUT2D eigenvalue weighted by atomic mass is 10.1. The van der Waals surface area contributed by atoms with Crippen LogP contribution < -0.4 is 16.4 Å². The van der Waals surface area contributed by atoms with Crippen LogP contribution in [0.1, 0.15) is 11.1 Å². The number of carbonyl (C=O) groups is 2. The summed E-state index contributed by atoms with van der Waals surface area (Å²) in [5.41, 5.74) is 6.80. The highest BCUT2D eigenvalue weighted by molar-refractivity contribution is 5.86. The van der Waals surface area contributed by atoms with E-state index in [1.807, 2.05) is 30.3 Å². The van der Waals surface area contributed by atoms with E-state index in [4.69, 9.17) is 5.73 Å². The Kier molecular flexibility index (Phi) is 5.68. The van der Waals surface area contributed by atoms with E-state index in [9.17, 15) is 14.0 Å². The first-order valence-corrected chi connectivity index (χ1v) is 7.16. The molecule has 0 saturated heterocycles. The molecular formula is C17H18FN3O2. The minimum Gasteiger partial charge on any atom is -0.352 e. The van der Waals surface area contributed by atoms with Gasteiger partial charge < -0.3 is 16.4 Å². The van der Waals surface area contributed by atoms with Gasteiger partial charge in [0.15, 0.2) is 0 Å². The summed E-state index contributed by atoms with van der Waals surface area (Å²) in [5, 5.41) is 5.15. The van der Waals surface area contributed by atoms with E-state index in [1.165, 1.54) is 12.1 Å². The summed E-state index contributed by atoms with van der Waals surface area (Å²) >= 11 is 0. The maximum absolute atomic E-state index is 12.9. The van der Waals surface area contributed by atoms with Crippen LogP contribution >= 0.6 is 0 Å². The molecule has 0 bridgehead atoms. The smallest absolute Gasteiger partial charge is 0.312 e. The molecule has 0 aliphatic carbocycles. The fraction of sp³-hybridized carbons (Fsp3) is 0.176. The minimum atomic E-state index is -0.768. The largest absolute Gasteiger partial charge is 0.352 e. The topological polar surface area (TPSA) is 84.2 Å². The molecule has 1 atom stereocenters. The van der Waals surface area contributed by atoms with Crippen molar-refractivity contribution in [3.05, 3.63) is 71.5 Å². The highest BCUT2D eigenvalue weighted by Crippen LogP contribution is 2.05. The molecule has 0 aromatic heterocycles. The molecule has 3 amide bonds. The van der Waals surface area contributed by atoms with Gasteiger partial charge in [0.25, 0.3) is 0 Å². The van der Waals surface area contributed by atoms with E-state index in [-0.39, 0.29) is 18.3 Å². The summed E-state index contributed by atoms with van der Waals surface area (Å²) < 4.78 is 12.9. The molecule has 6 heteroatoms. The zero-order chi connectivity index (χ0) is 16.7. The molecule has 5 nitrogen and oxygen atoms in total. The van der Waals surface area contributed by atoms with E-state index in [0.29, 0.717) is 6.42 Å². The van der Waals surface area contributed by atoms with Crippen molar-refractivity contribution in [3.8, 4) is 0 Å². The van der Waals surface area contributed by atoms with Crippen LogP contribution in [-0.2, 0) is 17.8 Å². The molecule has 0 spiro atoms. The van der Waals surface area contributed by atoms with Crippen LogP contribution in [0.2, 0.25) is 0 Å². The third-order valence-corrected chi connectivity index (χ3v) is 3.30. The van der Waals surface area contributed by atoms with Crippen LogP contribution in [0.4, 0.5) is 9.18 Å². The maximum atomic E-state index is 12.9. The van der Waals surface area contributed by atoms with Gasteiger partial charge in [-0.2, -0.15) is 0 Å². The first kappa shape index (κ1) is 16.5. The third-order valence-electron chi connectivity index (χ3n) is 3.30. The number of urea groups is 1. The quantitative estimate of drug-likeness (QED) is 0.758. The van der Waals surface area contributed by atoms with Gasteiger partial charge >= 0.3 is 6.03 Å². The van der Waals surface area contributed by atoms with Crippen molar-refractivity contribution in [3.63, 3.8) is 0 Å². The molecule has 4 N–H and O–H groups in total. The zero-order valence-electron chi connectivity index (χ0n) is 12.5. The molecule has 2 aromatic carbocycles. The van der Waals surface area contributed by atoms with Gasteiger partial charge in [-0.3, -0.25) is 4.79 Å². The van der Waals surface area contributed by atoms with Gasteiger partial charge in [-0.25, -0.2) is 9.18 Å². The fourth-order valence-electron chi connectivity index (χ4n) is 2.15. The van der Waals surface area contributed by atoms with Crippen LogP contribution in [0.5, 0.6) is 0 Å². The number of hydrogen-bond acceptors (Lipinski definition) is 2. The predicted octanol–water partition coefficient (Wildman–Crippen LogP) is 1.72. The highest BCUT2D eigenvalue weighted by Gasteiger charge is 2.19. The number of hydrogen-bond donors (Lipinski definition) is 3. The first-order valence-electron chi connectivity index (χ1n) is 7.16. The maximum Gasteiger partial charge on any atom is 0.312 e. The molecule has 0 aliphatic rings. The Balaban J connectivity index is 1.98. The van der Waals surface area contributed by atoms with Crippen LogP contribution in [0.25, 0.3) is 0 Å². The Morgan fingerprint density at radius 3 is 2.26 bits per heavy atom. The van der Waals surface area contributed by atoms with Crippen molar-refractivity contribution in [2.75, 3.05) is 0 Å². The lowest BCUT2D eigenvalue weighted by molar-refractivity contribution is -0.123. The summed E-state index contributed by atoms with van der Waals surface area (Å²) in [6, 6.07) is 13.6. The van der Waals surface area contributed by atoms with E-state index in [0.717, 1.165) is 11.1 Å². The number of rotatable bonds is 6. The van der Waals surface area contributed by atoms with Gasteiger partial charge in [0.05, 0.1) is 0 Å². The van der Waals surface area contributed by atoms with Crippen LogP contribution in [0.15, 0.2) is 54.6 Å². The van der Waals surface area contributed by atoms with Crippen LogP contribution in [0, 0.1) is 5.82 Å². The number of halogens is 1. The summed E-state index contributed by atoms with van der Waals surface area (Å²) in [6.07, 6.45) is 0.332. The van der Waals surface area contributed by atoms with Gasteiger partial charge in [-0.05, 0) is 23.3 Å². The molecule has 0 unspecified atom stereocenters. The monoisotopic (exact) mass is 315 g/mol. The Morgan fingerprint density at radius 1 is 1.00 bits per heavy atom. The molecule has 0 aliphatic heterocycles.